The predicted molar refractivity (Wildman–Crippen MR) is 198 cm³/mol. The van der Waals surface area contributed by atoms with Crippen molar-refractivity contribution in [2.45, 2.75) is 88.4 Å². The third kappa shape index (κ3) is 7.11. The van der Waals surface area contributed by atoms with E-state index in [9.17, 15) is 4.79 Å². The fourth-order valence-electron chi connectivity index (χ4n) is 8.92. The molecule has 2 atom stereocenters. The number of rotatable bonds is 11. The van der Waals surface area contributed by atoms with Gasteiger partial charge in [0.1, 0.15) is 40.3 Å². The summed E-state index contributed by atoms with van der Waals surface area (Å²) in [4.78, 5) is 13.9. The molecule has 0 spiro atoms. The van der Waals surface area contributed by atoms with Crippen LogP contribution in [0.3, 0.4) is 0 Å². The highest BCUT2D eigenvalue weighted by Gasteiger charge is 2.46. The average molecular weight is 689 g/mol. The lowest BCUT2D eigenvalue weighted by Gasteiger charge is -2.48. The van der Waals surface area contributed by atoms with E-state index in [2.05, 4.69) is 18.2 Å². The molecule has 0 radical (unpaired) electrons. The first kappa shape index (κ1) is 35.4. The lowest BCUT2D eigenvalue weighted by atomic mass is 9.82. The van der Waals surface area contributed by atoms with Gasteiger partial charge in [0.05, 0.1) is 53.8 Å². The van der Waals surface area contributed by atoms with E-state index in [1.54, 1.807) is 42.7 Å². The van der Waals surface area contributed by atoms with Crippen molar-refractivity contribution in [1.82, 2.24) is 0 Å². The molecule has 1 aliphatic heterocycles. The molecule has 264 valence electrons. The minimum Gasteiger partial charge on any atom is -0.496 e. The molecule has 6 rings (SSSR count). The van der Waals surface area contributed by atoms with Gasteiger partial charge in [-0.1, -0.05) is 64.6 Å². The van der Waals surface area contributed by atoms with E-state index in [1.165, 1.54) is 69.5 Å². The van der Waals surface area contributed by atoms with Crippen molar-refractivity contribution in [3.63, 3.8) is 0 Å². The Balaban J connectivity index is 1.72. The average Bonchev–Trinajstić information content (AvgIpc) is 3.16. The van der Waals surface area contributed by atoms with E-state index in [0.717, 1.165) is 22.3 Å². The Morgan fingerprint density at radius 2 is 0.898 bits per heavy atom. The smallest absolute Gasteiger partial charge is 0.134 e. The Bertz CT molecular complexity index is 1450. The summed E-state index contributed by atoms with van der Waals surface area (Å²) in [7, 11) is 9.29. The molecule has 1 heterocycles. The molecule has 3 aliphatic rings. The van der Waals surface area contributed by atoms with Crippen LogP contribution in [0.15, 0.2) is 42.5 Å². The van der Waals surface area contributed by atoms with Crippen LogP contribution in [-0.4, -0.2) is 59.8 Å². The minimum absolute atomic E-state index is 0.300. The number of hydrogen-bond acceptors (Lipinski definition) is 7. The van der Waals surface area contributed by atoms with Crippen LogP contribution in [0.5, 0.6) is 34.5 Å². The van der Waals surface area contributed by atoms with Crippen LogP contribution in [0, 0.1) is 11.8 Å². The Morgan fingerprint density at radius 3 is 1.22 bits per heavy atom. The monoisotopic (exact) mass is 688 g/mol. The van der Waals surface area contributed by atoms with Crippen molar-refractivity contribution in [2.75, 3.05) is 42.7 Å². The van der Waals surface area contributed by atoms with Gasteiger partial charge >= 0.3 is 0 Å². The molecule has 8 heteroatoms. The van der Waals surface area contributed by atoms with Crippen molar-refractivity contribution in [2.24, 2.45) is 11.8 Å². The molecule has 49 heavy (non-hydrogen) atoms. The van der Waals surface area contributed by atoms with Gasteiger partial charge in [-0.25, -0.2) is 0 Å². The molecule has 1 saturated heterocycles. The quantitative estimate of drug-likeness (QED) is 0.186. The molecule has 7 nitrogen and oxygen atoms in total. The number of hydrogen-bond donors (Lipinski definition) is 0. The van der Waals surface area contributed by atoms with Crippen LogP contribution in [0.2, 0.25) is 0 Å². The molecule has 2 aliphatic carbocycles. The first-order chi connectivity index (χ1) is 24.0. The van der Waals surface area contributed by atoms with Gasteiger partial charge in [-0.05, 0) is 65.3 Å². The van der Waals surface area contributed by atoms with E-state index in [1.807, 2.05) is 24.3 Å². The molecule has 3 aromatic rings. The second kappa shape index (κ2) is 16.1. The molecule has 2 unspecified atom stereocenters. The first-order valence-electron chi connectivity index (χ1n) is 18.0. The Hall–Kier alpha value is -3.44. The molecule has 3 fully saturated rings. The maximum atomic E-state index is 13.9. The third-order valence-electron chi connectivity index (χ3n) is 11.2. The van der Waals surface area contributed by atoms with Gasteiger partial charge < -0.3 is 28.4 Å². The summed E-state index contributed by atoms with van der Waals surface area (Å²) in [6.45, 7) is 0. The Kier molecular flexibility index (Phi) is 11.6. The van der Waals surface area contributed by atoms with Crippen LogP contribution in [-0.2, 0) is 4.79 Å². The zero-order valence-corrected chi connectivity index (χ0v) is 31.0. The first-order valence-corrected chi connectivity index (χ1v) is 19.5. The van der Waals surface area contributed by atoms with Gasteiger partial charge in [-0.15, -0.1) is 0 Å². The van der Waals surface area contributed by atoms with Crippen molar-refractivity contribution in [3.05, 3.63) is 42.5 Å². The van der Waals surface area contributed by atoms with Crippen LogP contribution < -0.4 is 33.7 Å². The SMILES string of the molecule is COc1cc(OC)c(-c2cccc(-c3c(OC)cc(OC)cc3OC)c2P2C(C3CCCCC3)CC(=O)CC2C2CCCCC2)c(OC)c1. The Morgan fingerprint density at radius 1 is 0.531 bits per heavy atom. The highest BCUT2D eigenvalue weighted by atomic mass is 31.1. The lowest BCUT2D eigenvalue weighted by molar-refractivity contribution is -0.120. The molecular formula is C41H53O7P. The number of Topliss-reactive ketones (excluding diaryl/α,β-unsaturated/α-hetero) is 1. The molecular weight excluding hydrogens is 635 g/mol. The van der Waals surface area contributed by atoms with Crippen LogP contribution in [0.25, 0.3) is 22.3 Å². The lowest BCUT2D eigenvalue weighted by Crippen LogP contribution is -2.41. The number of ether oxygens (including phenoxy) is 6. The summed E-state index contributed by atoms with van der Waals surface area (Å²) in [6.07, 6.45) is 13.6. The summed E-state index contributed by atoms with van der Waals surface area (Å²) in [6, 6.07) is 14.3. The van der Waals surface area contributed by atoms with Gasteiger partial charge in [0, 0.05) is 37.1 Å². The van der Waals surface area contributed by atoms with E-state index in [-0.39, 0.29) is 0 Å². The molecule has 0 N–H and O–H groups in total. The highest BCUT2D eigenvalue weighted by Crippen LogP contribution is 2.63. The second-order valence-electron chi connectivity index (χ2n) is 13.8. The predicted octanol–water partition coefficient (Wildman–Crippen LogP) is 9.44. The molecule has 2 saturated carbocycles. The Labute approximate surface area is 293 Å². The van der Waals surface area contributed by atoms with Crippen molar-refractivity contribution in [1.29, 1.82) is 0 Å². The summed E-state index contributed by atoms with van der Waals surface area (Å²) in [5, 5.41) is 1.29. The van der Waals surface area contributed by atoms with Gasteiger partial charge in [-0.3, -0.25) is 4.79 Å². The van der Waals surface area contributed by atoms with Crippen LogP contribution >= 0.6 is 7.92 Å². The fourth-order valence-corrected chi connectivity index (χ4v) is 13.3. The summed E-state index contributed by atoms with van der Waals surface area (Å²) >= 11 is 0. The maximum absolute atomic E-state index is 13.9. The second-order valence-corrected chi connectivity index (χ2v) is 16.4. The standard InChI is InChI=1S/C41H53O7P/c1-43-29-22-33(45-3)39(34(23-29)46-4)31-18-13-19-32(40-35(47-5)24-30(44-2)25-36(40)48-6)41(31)49-37(26-14-9-7-10-15-26)20-28(42)21-38(49)27-16-11-8-12-17-27/h13,18-19,22-27,37-38H,7-12,14-17,20-21H2,1-6H3. The van der Waals surface area contributed by atoms with Crippen LogP contribution in [0.4, 0.5) is 0 Å². The molecule has 0 aromatic heterocycles. The fraction of sp³-hybridized carbons (Fsp3) is 0.537. The topological polar surface area (TPSA) is 72.5 Å². The number of carbonyl (C=O) groups excluding carboxylic acids is 1. The molecule has 0 bridgehead atoms. The molecule has 3 aromatic carbocycles. The third-order valence-corrected chi connectivity index (χ3v) is 14.9. The van der Waals surface area contributed by atoms with Gasteiger partial charge in [0.15, 0.2) is 0 Å². The number of ketones is 1. The summed E-state index contributed by atoms with van der Waals surface area (Å²) in [5.41, 5.74) is 4.56. The van der Waals surface area contributed by atoms with E-state index in [0.29, 0.717) is 76.3 Å². The summed E-state index contributed by atoms with van der Waals surface area (Å²) < 4.78 is 35.8. The normalized spacial score (nSPS) is 22.0. The van der Waals surface area contributed by atoms with Gasteiger partial charge in [0.2, 0.25) is 0 Å². The van der Waals surface area contributed by atoms with E-state index < -0.39 is 7.92 Å². The van der Waals surface area contributed by atoms with Crippen molar-refractivity contribution in [3.8, 4) is 56.8 Å². The zero-order valence-electron chi connectivity index (χ0n) is 30.1. The van der Waals surface area contributed by atoms with E-state index in [4.69, 9.17) is 28.4 Å². The van der Waals surface area contributed by atoms with E-state index >= 15 is 0 Å². The number of benzene rings is 3. The largest absolute Gasteiger partial charge is 0.496 e. The number of methoxy groups -OCH3 is 6. The van der Waals surface area contributed by atoms with Crippen molar-refractivity contribution < 1.29 is 33.2 Å². The van der Waals surface area contributed by atoms with Crippen molar-refractivity contribution >= 4 is 19.0 Å². The minimum atomic E-state index is -0.853. The zero-order chi connectivity index (χ0) is 34.5. The summed E-state index contributed by atoms with van der Waals surface area (Å²) in [5.74, 6) is 5.59. The molecule has 0 amide bonds. The maximum Gasteiger partial charge on any atom is 0.134 e. The number of carbonyl (C=O) groups is 1. The highest BCUT2D eigenvalue weighted by molar-refractivity contribution is 7.68. The van der Waals surface area contributed by atoms with Crippen LogP contribution in [0.1, 0.15) is 77.0 Å². The van der Waals surface area contributed by atoms with Gasteiger partial charge in [0.25, 0.3) is 0 Å². The van der Waals surface area contributed by atoms with Gasteiger partial charge in [-0.2, -0.15) is 0 Å².